The lowest BCUT2D eigenvalue weighted by molar-refractivity contribution is 0.496. The SMILES string of the molecule is Fc1cc(F)c(-c2ccc3c(c2)NCC3)cc1F. The number of hydrogen-bond donors (Lipinski definition) is 1. The van der Waals surface area contributed by atoms with Crippen LogP contribution in [0.3, 0.4) is 0 Å². The number of benzene rings is 2. The third kappa shape index (κ3) is 1.74. The topological polar surface area (TPSA) is 12.0 Å². The van der Waals surface area contributed by atoms with Crippen LogP contribution >= 0.6 is 0 Å². The summed E-state index contributed by atoms with van der Waals surface area (Å²) in [5.74, 6) is -2.97. The summed E-state index contributed by atoms with van der Waals surface area (Å²) in [5.41, 5.74) is 2.70. The molecule has 0 atom stereocenters. The van der Waals surface area contributed by atoms with Crippen LogP contribution in [0.25, 0.3) is 11.1 Å². The van der Waals surface area contributed by atoms with Gasteiger partial charge in [0.15, 0.2) is 11.6 Å². The van der Waals surface area contributed by atoms with Crippen molar-refractivity contribution in [2.24, 2.45) is 0 Å². The zero-order chi connectivity index (χ0) is 12.7. The summed E-state index contributed by atoms with van der Waals surface area (Å²) in [7, 11) is 0. The molecule has 3 rings (SSSR count). The van der Waals surface area contributed by atoms with Crippen molar-refractivity contribution in [1.82, 2.24) is 0 Å². The molecule has 0 unspecified atom stereocenters. The Morgan fingerprint density at radius 2 is 1.67 bits per heavy atom. The average Bonchev–Trinajstić information content (AvgIpc) is 2.80. The van der Waals surface area contributed by atoms with Gasteiger partial charge in [0.1, 0.15) is 5.82 Å². The molecule has 1 aliphatic heterocycles. The van der Waals surface area contributed by atoms with Gasteiger partial charge in [0, 0.05) is 23.9 Å². The Balaban J connectivity index is 2.12. The molecule has 1 N–H and O–H groups in total. The van der Waals surface area contributed by atoms with Crippen molar-refractivity contribution in [3.63, 3.8) is 0 Å². The second kappa shape index (κ2) is 4.05. The minimum Gasteiger partial charge on any atom is -0.384 e. The maximum absolute atomic E-state index is 13.6. The Morgan fingerprint density at radius 1 is 0.889 bits per heavy atom. The lowest BCUT2D eigenvalue weighted by Crippen LogP contribution is -1.93. The molecule has 0 fully saturated rings. The molecule has 0 aromatic heterocycles. The molecule has 0 spiro atoms. The van der Waals surface area contributed by atoms with E-state index in [1.807, 2.05) is 6.07 Å². The fourth-order valence-corrected chi connectivity index (χ4v) is 2.20. The smallest absolute Gasteiger partial charge is 0.161 e. The molecule has 0 radical (unpaired) electrons. The highest BCUT2D eigenvalue weighted by Gasteiger charge is 2.15. The van der Waals surface area contributed by atoms with Crippen molar-refractivity contribution in [2.45, 2.75) is 6.42 Å². The van der Waals surface area contributed by atoms with E-state index in [2.05, 4.69) is 5.32 Å². The molecule has 1 heterocycles. The van der Waals surface area contributed by atoms with E-state index < -0.39 is 17.5 Å². The molecule has 0 saturated carbocycles. The van der Waals surface area contributed by atoms with Gasteiger partial charge < -0.3 is 5.32 Å². The van der Waals surface area contributed by atoms with Crippen LogP contribution in [0.15, 0.2) is 30.3 Å². The van der Waals surface area contributed by atoms with Gasteiger partial charge in [0.2, 0.25) is 0 Å². The van der Waals surface area contributed by atoms with Crippen molar-refractivity contribution in [3.05, 3.63) is 53.3 Å². The third-order valence-electron chi connectivity index (χ3n) is 3.14. The summed E-state index contributed by atoms with van der Waals surface area (Å²) < 4.78 is 39.7. The van der Waals surface area contributed by atoms with Crippen molar-refractivity contribution < 1.29 is 13.2 Å². The molecular weight excluding hydrogens is 239 g/mol. The van der Waals surface area contributed by atoms with Gasteiger partial charge in [-0.15, -0.1) is 0 Å². The van der Waals surface area contributed by atoms with Crippen molar-refractivity contribution >= 4 is 5.69 Å². The Morgan fingerprint density at radius 3 is 2.50 bits per heavy atom. The number of hydrogen-bond acceptors (Lipinski definition) is 1. The number of rotatable bonds is 1. The largest absolute Gasteiger partial charge is 0.384 e. The highest BCUT2D eigenvalue weighted by atomic mass is 19.2. The van der Waals surface area contributed by atoms with Gasteiger partial charge in [0.25, 0.3) is 0 Å². The van der Waals surface area contributed by atoms with Crippen LogP contribution in [0.5, 0.6) is 0 Å². The maximum atomic E-state index is 13.6. The molecule has 0 bridgehead atoms. The molecule has 1 nitrogen and oxygen atoms in total. The van der Waals surface area contributed by atoms with Gasteiger partial charge in [-0.3, -0.25) is 0 Å². The summed E-state index contributed by atoms with van der Waals surface area (Å²) in [6, 6.07) is 6.83. The Bertz CT molecular complexity index is 623. The minimum atomic E-state index is -1.17. The first-order valence-corrected chi connectivity index (χ1v) is 5.67. The van der Waals surface area contributed by atoms with Crippen LogP contribution in [0.2, 0.25) is 0 Å². The highest BCUT2D eigenvalue weighted by Crippen LogP contribution is 2.31. The van der Waals surface area contributed by atoms with E-state index in [9.17, 15) is 13.2 Å². The zero-order valence-electron chi connectivity index (χ0n) is 9.43. The van der Waals surface area contributed by atoms with Gasteiger partial charge >= 0.3 is 0 Å². The van der Waals surface area contributed by atoms with E-state index >= 15 is 0 Å². The van der Waals surface area contributed by atoms with Gasteiger partial charge in [0.05, 0.1) is 0 Å². The molecule has 0 amide bonds. The van der Waals surface area contributed by atoms with Gasteiger partial charge in [-0.2, -0.15) is 0 Å². The second-order valence-corrected chi connectivity index (χ2v) is 4.29. The van der Waals surface area contributed by atoms with Crippen molar-refractivity contribution in [1.29, 1.82) is 0 Å². The van der Waals surface area contributed by atoms with E-state index in [1.54, 1.807) is 12.1 Å². The van der Waals surface area contributed by atoms with E-state index in [0.29, 0.717) is 11.6 Å². The minimum absolute atomic E-state index is 0.0744. The lowest BCUT2D eigenvalue weighted by Gasteiger charge is -2.07. The first-order chi connectivity index (χ1) is 8.65. The van der Waals surface area contributed by atoms with E-state index in [1.165, 1.54) is 0 Å². The Kier molecular flexibility index (Phi) is 2.51. The zero-order valence-corrected chi connectivity index (χ0v) is 9.43. The lowest BCUT2D eigenvalue weighted by atomic mass is 10.0. The van der Waals surface area contributed by atoms with Gasteiger partial charge in [-0.25, -0.2) is 13.2 Å². The van der Waals surface area contributed by atoms with Crippen LogP contribution in [0.4, 0.5) is 18.9 Å². The van der Waals surface area contributed by atoms with E-state index in [0.717, 1.165) is 30.3 Å². The summed E-state index contributed by atoms with van der Waals surface area (Å²) in [5, 5.41) is 3.17. The van der Waals surface area contributed by atoms with E-state index in [4.69, 9.17) is 0 Å². The highest BCUT2D eigenvalue weighted by molar-refractivity contribution is 5.71. The summed E-state index contributed by atoms with van der Waals surface area (Å²) in [6.45, 7) is 0.846. The molecule has 1 aliphatic rings. The van der Waals surface area contributed by atoms with Crippen LogP contribution in [0.1, 0.15) is 5.56 Å². The summed E-state index contributed by atoms with van der Waals surface area (Å²) in [4.78, 5) is 0. The Labute approximate surface area is 102 Å². The molecule has 4 heteroatoms. The molecule has 0 aliphatic carbocycles. The summed E-state index contributed by atoms with van der Waals surface area (Å²) >= 11 is 0. The van der Waals surface area contributed by atoms with Crippen LogP contribution in [-0.4, -0.2) is 6.54 Å². The van der Waals surface area contributed by atoms with Gasteiger partial charge in [-0.05, 0) is 29.7 Å². The van der Waals surface area contributed by atoms with Crippen molar-refractivity contribution in [3.8, 4) is 11.1 Å². The molecule has 92 valence electrons. The van der Waals surface area contributed by atoms with Crippen LogP contribution < -0.4 is 5.32 Å². The predicted molar refractivity (Wildman–Crippen MR) is 63.9 cm³/mol. The second-order valence-electron chi connectivity index (χ2n) is 4.29. The normalized spacial score (nSPS) is 13.3. The van der Waals surface area contributed by atoms with Crippen molar-refractivity contribution in [2.75, 3.05) is 11.9 Å². The Hall–Kier alpha value is -1.97. The predicted octanol–water partition coefficient (Wildman–Crippen LogP) is 3.74. The van der Waals surface area contributed by atoms with E-state index in [-0.39, 0.29) is 5.56 Å². The molecule has 18 heavy (non-hydrogen) atoms. The molecule has 2 aromatic rings. The van der Waals surface area contributed by atoms with Crippen LogP contribution in [-0.2, 0) is 6.42 Å². The number of nitrogens with one attached hydrogen (secondary N) is 1. The first kappa shape index (κ1) is 11.1. The van der Waals surface area contributed by atoms with Gasteiger partial charge in [-0.1, -0.05) is 12.1 Å². The standard InChI is InChI=1S/C14H10F3N/c15-11-7-13(17)12(16)6-10(11)9-2-1-8-3-4-18-14(8)5-9/h1-2,5-7,18H,3-4H2. The number of anilines is 1. The fourth-order valence-electron chi connectivity index (χ4n) is 2.20. The first-order valence-electron chi connectivity index (χ1n) is 5.67. The summed E-state index contributed by atoms with van der Waals surface area (Å²) in [6.07, 6.45) is 0.926. The monoisotopic (exact) mass is 249 g/mol. The molecule has 0 saturated heterocycles. The third-order valence-corrected chi connectivity index (χ3v) is 3.14. The molecule has 2 aromatic carbocycles. The molecular formula is C14H10F3N. The quantitative estimate of drug-likeness (QED) is 0.759. The average molecular weight is 249 g/mol. The fraction of sp³-hybridized carbons (Fsp3) is 0.143. The number of halogens is 3. The maximum Gasteiger partial charge on any atom is 0.161 e. The van der Waals surface area contributed by atoms with Crippen LogP contribution in [0, 0.1) is 17.5 Å². The number of fused-ring (bicyclic) bond motifs is 1.